The van der Waals surface area contributed by atoms with E-state index in [1.807, 2.05) is 6.20 Å². The number of aryl methyl sites for hydroxylation is 1. The van der Waals surface area contributed by atoms with Crippen molar-refractivity contribution in [2.45, 2.75) is 31.9 Å². The summed E-state index contributed by atoms with van der Waals surface area (Å²) in [6.45, 7) is 2.82. The van der Waals surface area contributed by atoms with Crippen LogP contribution in [0.15, 0.2) is 17.2 Å². The van der Waals surface area contributed by atoms with Crippen LogP contribution < -0.4 is 10.3 Å². The van der Waals surface area contributed by atoms with Gasteiger partial charge in [-0.3, -0.25) is 14.8 Å². The smallest absolute Gasteiger partial charge is 0.266 e. The molecule has 5 rings (SSSR count). The average Bonchev–Trinajstić information content (AvgIpc) is 3.32. The van der Waals surface area contributed by atoms with E-state index in [9.17, 15) is 9.90 Å². The molecule has 0 aliphatic carbocycles. The van der Waals surface area contributed by atoms with Gasteiger partial charge in [-0.2, -0.15) is 5.10 Å². The summed E-state index contributed by atoms with van der Waals surface area (Å²) in [4.78, 5) is 19.1. The Morgan fingerprint density at radius 1 is 1.46 bits per heavy atom. The van der Waals surface area contributed by atoms with Gasteiger partial charge in [0.1, 0.15) is 10.4 Å². The number of β-amino-alcohol motifs (C(OH)–C–C–N with tert-alkyl or cyclic N) is 1. The Bertz CT molecular complexity index is 1010. The third kappa shape index (κ3) is 2.56. The van der Waals surface area contributed by atoms with E-state index >= 15 is 0 Å². The highest BCUT2D eigenvalue weighted by Gasteiger charge is 2.27. The summed E-state index contributed by atoms with van der Waals surface area (Å²) in [6.07, 6.45) is 5.91. The van der Waals surface area contributed by atoms with Crippen LogP contribution in [-0.2, 0) is 13.0 Å². The predicted octanol–water partition coefficient (Wildman–Crippen LogP) is 1.87. The second-order valence-corrected chi connectivity index (χ2v) is 8.01. The normalized spacial score (nSPS) is 20.4. The summed E-state index contributed by atoms with van der Waals surface area (Å²) < 4.78 is 6.80. The number of thiophene rings is 1. The van der Waals surface area contributed by atoms with E-state index in [0.29, 0.717) is 19.7 Å². The lowest BCUT2D eigenvalue weighted by Crippen LogP contribution is -2.24. The molecule has 8 heteroatoms. The van der Waals surface area contributed by atoms with E-state index in [4.69, 9.17) is 4.74 Å². The van der Waals surface area contributed by atoms with Crippen molar-refractivity contribution in [1.82, 2.24) is 20.1 Å². The SMILES string of the molecule is O=c1[nH]c(CN2CC[C@H](O)C2)c2c3c(c(-c4cn[nH]c4)sc13)OCCC2. The molecular weight excluding hydrogens is 352 g/mol. The van der Waals surface area contributed by atoms with Crippen LogP contribution >= 0.6 is 11.3 Å². The van der Waals surface area contributed by atoms with Gasteiger partial charge in [0.25, 0.3) is 5.56 Å². The molecule has 1 atom stereocenters. The van der Waals surface area contributed by atoms with Crippen molar-refractivity contribution in [3.05, 3.63) is 34.0 Å². The van der Waals surface area contributed by atoms with E-state index in [-0.39, 0.29) is 11.7 Å². The van der Waals surface area contributed by atoms with Gasteiger partial charge in [0.2, 0.25) is 0 Å². The van der Waals surface area contributed by atoms with Gasteiger partial charge in [-0.15, -0.1) is 11.3 Å². The zero-order valence-corrected chi connectivity index (χ0v) is 15.1. The number of hydrogen-bond donors (Lipinski definition) is 3. The summed E-state index contributed by atoms with van der Waals surface area (Å²) in [6, 6.07) is 0. The first kappa shape index (κ1) is 16.0. The van der Waals surface area contributed by atoms with Crippen molar-refractivity contribution >= 4 is 21.4 Å². The fraction of sp³-hybridized carbons (Fsp3) is 0.444. The molecule has 3 aromatic rings. The molecule has 0 spiro atoms. The summed E-state index contributed by atoms with van der Waals surface area (Å²) in [5, 5.41) is 17.6. The lowest BCUT2D eigenvalue weighted by Gasteiger charge is -2.17. The van der Waals surface area contributed by atoms with Gasteiger partial charge >= 0.3 is 0 Å². The van der Waals surface area contributed by atoms with Gasteiger partial charge in [0, 0.05) is 42.5 Å². The number of rotatable bonds is 3. The van der Waals surface area contributed by atoms with Crippen LogP contribution in [0.4, 0.5) is 0 Å². The van der Waals surface area contributed by atoms with Crippen molar-refractivity contribution < 1.29 is 9.84 Å². The number of aromatic amines is 2. The summed E-state index contributed by atoms with van der Waals surface area (Å²) >= 11 is 1.47. The van der Waals surface area contributed by atoms with Crippen molar-refractivity contribution in [2.75, 3.05) is 19.7 Å². The molecule has 3 N–H and O–H groups in total. The largest absolute Gasteiger partial charge is 0.491 e. The molecule has 1 fully saturated rings. The number of ether oxygens (including phenoxy) is 1. The third-order valence-corrected chi connectivity index (χ3v) is 6.43. The van der Waals surface area contributed by atoms with E-state index in [2.05, 4.69) is 20.1 Å². The molecule has 5 heterocycles. The van der Waals surface area contributed by atoms with Crippen LogP contribution in [0.3, 0.4) is 0 Å². The van der Waals surface area contributed by atoms with Crippen LogP contribution in [0.1, 0.15) is 24.1 Å². The number of aliphatic hydroxyl groups excluding tert-OH is 1. The molecule has 1 saturated heterocycles. The summed E-state index contributed by atoms with van der Waals surface area (Å²) in [5.74, 6) is 0.813. The second kappa shape index (κ2) is 6.22. The number of nitrogens with one attached hydrogen (secondary N) is 2. The second-order valence-electron chi connectivity index (χ2n) is 6.99. The molecule has 0 radical (unpaired) electrons. The number of nitrogens with zero attached hydrogens (tertiary/aromatic N) is 2. The monoisotopic (exact) mass is 372 g/mol. The topological polar surface area (TPSA) is 94.2 Å². The lowest BCUT2D eigenvalue weighted by molar-refractivity contribution is 0.174. The van der Waals surface area contributed by atoms with Crippen LogP contribution in [0.5, 0.6) is 5.75 Å². The Morgan fingerprint density at radius 3 is 3.15 bits per heavy atom. The number of aromatic nitrogens is 3. The number of pyridine rings is 1. The molecule has 0 aromatic carbocycles. The zero-order valence-electron chi connectivity index (χ0n) is 14.2. The molecule has 7 nitrogen and oxygen atoms in total. The first-order valence-electron chi connectivity index (χ1n) is 8.93. The van der Waals surface area contributed by atoms with Gasteiger partial charge in [-0.25, -0.2) is 0 Å². The Kier molecular flexibility index (Phi) is 3.84. The Morgan fingerprint density at radius 2 is 2.38 bits per heavy atom. The third-order valence-electron chi connectivity index (χ3n) is 5.21. The molecule has 3 aromatic heterocycles. The molecule has 2 aliphatic heterocycles. The maximum Gasteiger partial charge on any atom is 0.266 e. The minimum atomic E-state index is -0.266. The number of hydrogen-bond acceptors (Lipinski definition) is 6. The first-order valence-corrected chi connectivity index (χ1v) is 9.75. The van der Waals surface area contributed by atoms with Crippen molar-refractivity contribution in [3.8, 4) is 16.2 Å². The Hall–Kier alpha value is -2.16. The van der Waals surface area contributed by atoms with Crippen LogP contribution in [-0.4, -0.2) is 51.0 Å². The molecule has 26 heavy (non-hydrogen) atoms. The van der Waals surface area contributed by atoms with Crippen molar-refractivity contribution in [3.63, 3.8) is 0 Å². The van der Waals surface area contributed by atoms with E-state index in [1.165, 1.54) is 16.9 Å². The van der Waals surface area contributed by atoms with E-state index < -0.39 is 0 Å². The maximum absolute atomic E-state index is 12.8. The molecular formula is C18H20N4O3S. The molecule has 0 amide bonds. The lowest BCUT2D eigenvalue weighted by atomic mass is 10.0. The number of likely N-dealkylation sites (tertiary alicyclic amines) is 1. The number of H-pyrrole nitrogens is 2. The van der Waals surface area contributed by atoms with Gasteiger partial charge in [-0.1, -0.05) is 0 Å². The van der Waals surface area contributed by atoms with Gasteiger partial charge in [-0.05, 0) is 24.8 Å². The summed E-state index contributed by atoms with van der Waals surface area (Å²) in [5.41, 5.74) is 3.02. The van der Waals surface area contributed by atoms with E-state index in [1.54, 1.807) is 6.20 Å². The maximum atomic E-state index is 12.8. The van der Waals surface area contributed by atoms with Crippen molar-refractivity contribution in [2.24, 2.45) is 0 Å². The summed E-state index contributed by atoms with van der Waals surface area (Å²) in [7, 11) is 0. The first-order chi connectivity index (χ1) is 12.7. The molecule has 0 unspecified atom stereocenters. The van der Waals surface area contributed by atoms with Crippen LogP contribution in [0.2, 0.25) is 0 Å². The highest BCUT2D eigenvalue weighted by atomic mass is 32.1. The quantitative estimate of drug-likeness (QED) is 0.653. The average molecular weight is 372 g/mol. The van der Waals surface area contributed by atoms with Gasteiger partial charge < -0.3 is 14.8 Å². The molecule has 0 bridgehead atoms. The highest BCUT2D eigenvalue weighted by molar-refractivity contribution is 7.22. The Labute approximate surface area is 153 Å². The molecule has 2 aliphatic rings. The van der Waals surface area contributed by atoms with Crippen LogP contribution in [0, 0.1) is 0 Å². The predicted molar refractivity (Wildman–Crippen MR) is 99.7 cm³/mol. The number of aliphatic hydroxyl groups is 1. The highest BCUT2D eigenvalue weighted by Crippen LogP contribution is 2.46. The van der Waals surface area contributed by atoms with Gasteiger partial charge in [0.05, 0.1) is 23.8 Å². The van der Waals surface area contributed by atoms with Crippen molar-refractivity contribution in [1.29, 1.82) is 0 Å². The minimum absolute atomic E-state index is 0.0648. The molecule has 136 valence electrons. The fourth-order valence-electron chi connectivity index (χ4n) is 3.99. The Balaban J connectivity index is 1.68. The minimum Gasteiger partial charge on any atom is -0.491 e. The van der Waals surface area contributed by atoms with E-state index in [0.717, 1.165) is 57.8 Å². The van der Waals surface area contributed by atoms with Crippen LogP contribution in [0.25, 0.3) is 20.5 Å². The zero-order chi connectivity index (χ0) is 17.7. The molecule has 0 saturated carbocycles. The standard InChI is InChI=1S/C18H20N4O3S/c23-11-3-4-22(8-11)9-13-12-2-1-5-25-15-14(12)17(18(24)21-13)26-16(15)10-6-19-20-7-10/h6-7,11,23H,1-5,8-9H2,(H,19,20)(H,21,24)/t11-/m0/s1. The fourth-order valence-corrected chi connectivity index (χ4v) is 5.14. The van der Waals surface area contributed by atoms with Gasteiger partial charge in [0.15, 0.2) is 0 Å².